The van der Waals surface area contributed by atoms with E-state index in [1.165, 1.54) is 0 Å². The minimum absolute atomic E-state index is 0.0243. The van der Waals surface area contributed by atoms with Crippen LogP contribution in [0.3, 0.4) is 0 Å². The third-order valence-corrected chi connectivity index (χ3v) is 3.59. The number of ether oxygens (including phenoxy) is 1. The number of hydrogen-bond acceptors (Lipinski definition) is 3. The van der Waals surface area contributed by atoms with Gasteiger partial charge in [-0.15, -0.1) is 0 Å². The summed E-state index contributed by atoms with van der Waals surface area (Å²) in [5.41, 5.74) is -0.0537. The van der Waals surface area contributed by atoms with Gasteiger partial charge in [0, 0.05) is 13.2 Å². The van der Waals surface area contributed by atoms with Gasteiger partial charge in [0.25, 0.3) is 0 Å². The molecule has 1 aromatic heterocycles. The molecular weight excluding hydrogens is 272 g/mol. The SMILES string of the molecule is CCn1ncc(Br)c1C(=O)C1(C)CCCO1. The first-order valence-corrected chi connectivity index (χ1v) is 6.28. The lowest BCUT2D eigenvalue weighted by atomic mass is 9.95. The standard InChI is InChI=1S/C11H15BrN2O2/c1-3-14-9(8(12)7-13-14)10(15)11(2)5-4-6-16-11/h7H,3-6H2,1-2H3. The van der Waals surface area contributed by atoms with E-state index < -0.39 is 5.60 Å². The number of rotatable bonds is 3. The normalized spacial score (nSPS) is 24.9. The predicted molar refractivity (Wildman–Crippen MR) is 63.5 cm³/mol. The van der Waals surface area contributed by atoms with E-state index in [9.17, 15) is 4.79 Å². The van der Waals surface area contributed by atoms with E-state index in [2.05, 4.69) is 21.0 Å². The number of aryl methyl sites for hydroxylation is 1. The molecule has 1 saturated heterocycles. The molecule has 1 atom stereocenters. The van der Waals surface area contributed by atoms with Gasteiger partial charge in [0.05, 0.1) is 10.7 Å². The van der Waals surface area contributed by atoms with E-state index in [1.807, 2.05) is 13.8 Å². The largest absolute Gasteiger partial charge is 0.367 e. The zero-order chi connectivity index (χ0) is 11.8. The summed E-state index contributed by atoms with van der Waals surface area (Å²) in [6.45, 7) is 5.18. The van der Waals surface area contributed by atoms with Gasteiger partial charge in [-0.25, -0.2) is 0 Å². The van der Waals surface area contributed by atoms with Crippen LogP contribution in [0.2, 0.25) is 0 Å². The Morgan fingerprint density at radius 2 is 2.50 bits per heavy atom. The van der Waals surface area contributed by atoms with Crippen molar-refractivity contribution in [1.29, 1.82) is 0 Å². The fraction of sp³-hybridized carbons (Fsp3) is 0.636. The summed E-state index contributed by atoms with van der Waals surface area (Å²) in [6, 6.07) is 0. The van der Waals surface area contributed by atoms with Gasteiger partial charge in [0.15, 0.2) is 0 Å². The van der Waals surface area contributed by atoms with Gasteiger partial charge >= 0.3 is 0 Å². The van der Waals surface area contributed by atoms with Gasteiger partial charge in [-0.3, -0.25) is 9.48 Å². The first-order valence-electron chi connectivity index (χ1n) is 5.48. The number of nitrogens with zero attached hydrogens (tertiary/aromatic N) is 2. The summed E-state index contributed by atoms with van der Waals surface area (Å²) < 4.78 is 8.02. The van der Waals surface area contributed by atoms with Crippen LogP contribution in [0.1, 0.15) is 37.2 Å². The molecule has 4 nitrogen and oxygen atoms in total. The highest BCUT2D eigenvalue weighted by atomic mass is 79.9. The molecule has 1 aliphatic rings. The van der Waals surface area contributed by atoms with Crippen LogP contribution in [0, 0.1) is 0 Å². The maximum absolute atomic E-state index is 12.4. The zero-order valence-electron chi connectivity index (χ0n) is 9.49. The number of ketones is 1. The van der Waals surface area contributed by atoms with Crippen LogP contribution < -0.4 is 0 Å². The molecule has 0 amide bonds. The summed E-state index contributed by atoms with van der Waals surface area (Å²) in [5.74, 6) is 0.0243. The second-order valence-electron chi connectivity index (χ2n) is 4.17. The predicted octanol–water partition coefficient (Wildman–Crippen LogP) is 2.42. The fourth-order valence-corrected chi connectivity index (χ4v) is 2.51. The lowest BCUT2D eigenvalue weighted by molar-refractivity contribution is 0.0203. The van der Waals surface area contributed by atoms with Gasteiger partial charge in [0.1, 0.15) is 11.3 Å². The van der Waals surface area contributed by atoms with Crippen LogP contribution in [0.5, 0.6) is 0 Å². The summed E-state index contributed by atoms with van der Waals surface area (Å²) in [4.78, 5) is 12.4. The van der Waals surface area contributed by atoms with Crippen molar-refractivity contribution in [3.8, 4) is 0 Å². The topological polar surface area (TPSA) is 44.1 Å². The fourth-order valence-electron chi connectivity index (χ4n) is 2.04. The number of aromatic nitrogens is 2. The Balaban J connectivity index is 2.36. The summed E-state index contributed by atoms with van der Waals surface area (Å²) in [7, 11) is 0. The average Bonchev–Trinajstić information content (AvgIpc) is 2.85. The molecule has 0 spiro atoms. The lowest BCUT2D eigenvalue weighted by Gasteiger charge is -2.21. The highest BCUT2D eigenvalue weighted by molar-refractivity contribution is 9.10. The van der Waals surface area contributed by atoms with Crippen LogP contribution in [-0.4, -0.2) is 27.8 Å². The quantitative estimate of drug-likeness (QED) is 0.802. The minimum Gasteiger partial charge on any atom is -0.367 e. The molecule has 5 heteroatoms. The number of carbonyl (C=O) groups excluding carboxylic acids is 1. The first-order chi connectivity index (χ1) is 7.58. The first kappa shape index (κ1) is 11.8. The number of carbonyl (C=O) groups is 1. The second kappa shape index (κ2) is 4.30. The third-order valence-electron chi connectivity index (χ3n) is 3.01. The Morgan fingerprint density at radius 3 is 3.06 bits per heavy atom. The van der Waals surface area contributed by atoms with E-state index in [1.54, 1.807) is 10.9 Å². The Kier molecular flexibility index (Phi) is 3.17. The molecule has 0 radical (unpaired) electrons. The van der Waals surface area contributed by atoms with Gasteiger partial charge in [0.2, 0.25) is 5.78 Å². The molecule has 1 fully saturated rings. The van der Waals surface area contributed by atoms with Crippen LogP contribution >= 0.6 is 15.9 Å². The van der Waals surface area contributed by atoms with Gasteiger partial charge in [-0.05, 0) is 42.6 Å². The molecule has 0 bridgehead atoms. The molecule has 2 heterocycles. The Morgan fingerprint density at radius 1 is 1.75 bits per heavy atom. The Hall–Kier alpha value is -0.680. The van der Waals surface area contributed by atoms with E-state index >= 15 is 0 Å². The van der Waals surface area contributed by atoms with Crippen molar-refractivity contribution in [2.24, 2.45) is 0 Å². The van der Waals surface area contributed by atoms with Crippen LogP contribution in [0.15, 0.2) is 10.7 Å². The number of halogens is 1. The molecule has 0 aliphatic carbocycles. The van der Waals surface area contributed by atoms with Crippen molar-refractivity contribution in [3.63, 3.8) is 0 Å². The average molecular weight is 287 g/mol. The van der Waals surface area contributed by atoms with Gasteiger partial charge in [-0.1, -0.05) is 0 Å². The molecular formula is C11H15BrN2O2. The van der Waals surface area contributed by atoms with Crippen molar-refractivity contribution >= 4 is 21.7 Å². The highest BCUT2D eigenvalue weighted by Gasteiger charge is 2.40. The summed E-state index contributed by atoms with van der Waals surface area (Å²) in [5, 5.41) is 4.15. The molecule has 0 aromatic carbocycles. The molecule has 1 unspecified atom stereocenters. The van der Waals surface area contributed by atoms with Crippen molar-refractivity contribution in [3.05, 3.63) is 16.4 Å². The maximum Gasteiger partial charge on any atom is 0.213 e. The molecule has 88 valence electrons. The number of Topliss-reactive ketones (excluding diaryl/α,β-unsaturated/α-hetero) is 1. The Labute approximate surface area is 103 Å². The number of hydrogen-bond donors (Lipinski definition) is 0. The minimum atomic E-state index is -0.671. The van der Waals surface area contributed by atoms with E-state index in [0.29, 0.717) is 18.8 Å². The van der Waals surface area contributed by atoms with Crippen LogP contribution in [0.25, 0.3) is 0 Å². The smallest absolute Gasteiger partial charge is 0.213 e. The molecule has 1 aliphatic heterocycles. The molecule has 2 rings (SSSR count). The van der Waals surface area contributed by atoms with Crippen LogP contribution in [0.4, 0.5) is 0 Å². The molecule has 16 heavy (non-hydrogen) atoms. The summed E-state index contributed by atoms with van der Waals surface area (Å²) in [6.07, 6.45) is 3.39. The van der Waals surface area contributed by atoms with Crippen molar-refractivity contribution in [2.45, 2.75) is 38.8 Å². The van der Waals surface area contributed by atoms with Gasteiger partial charge in [-0.2, -0.15) is 5.10 Å². The van der Waals surface area contributed by atoms with E-state index in [0.717, 1.165) is 17.3 Å². The van der Waals surface area contributed by atoms with Crippen LogP contribution in [-0.2, 0) is 11.3 Å². The van der Waals surface area contributed by atoms with Crippen molar-refractivity contribution in [1.82, 2.24) is 9.78 Å². The van der Waals surface area contributed by atoms with E-state index in [-0.39, 0.29) is 5.78 Å². The maximum atomic E-state index is 12.4. The van der Waals surface area contributed by atoms with Gasteiger partial charge < -0.3 is 4.74 Å². The van der Waals surface area contributed by atoms with E-state index in [4.69, 9.17) is 4.74 Å². The second-order valence-corrected chi connectivity index (χ2v) is 5.02. The third kappa shape index (κ3) is 1.82. The highest BCUT2D eigenvalue weighted by Crippen LogP contribution is 2.31. The molecule has 0 saturated carbocycles. The lowest BCUT2D eigenvalue weighted by Crippen LogP contribution is -2.36. The zero-order valence-corrected chi connectivity index (χ0v) is 11.1. The summed E-state index contributed by atoms with van der Waals surface area (Å²) >= 11 is 3.37. The van der Waals surface area contributed by atoms with Crippen molar-refractivity contribution in [2.75, 3.05) is 6.61 Å². The monoisotopic (exact) mass is 286 g/mol. The Bertz CT molecular complexity index is 408. The molecule has 0 N–H and O–H groups in total. The van der Waals surface area contributed by atoms with Crippen molar-refractivity contribution < 1.29 is 9.53 Å². The molecule has 1 aromatic rings.